The van der Waals surface area contributed by atoms with Crippen molar-refractivity contribution in [2.45, 2.75) is 57.4 Å². The zero-order chi connectivity index (χ0) is 14.6. The first-order valence-corrected chi connectivity index (χ1v) is 9.99. The van der Waals surface area contributed by atoms with E-state index in [0.717, 1.165) is 31.8 Å². The second-order valence-electron chi connectivity index (χ2n) is 6.70. The lowest BCUT2D eigenvalue weighted by molar-refractivity contribution is 0.102. The van der Waals surface area contributed by atoms with Crippen LogP contribution in [0.5, 0.6) is 0 Å². The first kappa shape index (κ1) is 16.2. The molecule has 0 aromatic heterocycles. The second-order valence-corrected chi connectivity index (χ2v) is 8.88. The van der Waals surface area contributed by atoms with Gasteiger partial charge in [0.2, 0.25) is 0 Å². The van der Waals surface area contributed by atoms with Crippen molar-refractivity contribution in [3.05, 3.63) is 0 Å². The quantitative estimate of drug-likeness (QED) is 0.860. The molecular formula is C15H30N2O2S. The Morgan fingerprint density at radius 2 is 2.05 bits per heavy atom. The summed E-state index contributed by atoms with van der Waals surface area (Å²) in [7, 11) is -2.91. The van der Waals surface area contributed by atoms with Gasteiger partial charge in [0.05, 0.1) is 11.5 Å². The molecule has 0 aromatic carbocycles. The van der Waals surface area contributed by atoms with Crippen LogP contribution < -0.4 is 5.73 Å². The Morgan fingerprint density at radius 1 is 1.25 bits per heavy atom. The fourth-order valence-corrected chi connectivity index (χ4v) is 6.04. The van der Waals surface area contributed by atoms with E-state index in [4.69, 9.17) is 5.73 Å². The van der Waals surface area contributed by atoms with Crippen LogP contribution in [-0.4, -0.2) is 50.0 Å². The second kappa shape index (κ2) is 6.75. The van der Waals surface area contributed by atoms with E-state index in [1.165, 1.54) is 32.1 Å². The minimum absolute atomic E-state index is 0.273. The van der Waals surface area contributed by atoms with Gasteiger partial charge in [0.15, 0.2) is 9.84 Å². The summed E-state index contributed by atoms with van der Waals surface area (Å²) in [5.74, 6) is 1.44. The van der Waals surface area contributed by atoms with Crippen LogP contribution in [-0.2, 0) is 9.84 Å². The molecule has 2 N–H and O–H groups in total. The smallest absolute Gasteiger partial charge is 0.152 e. The minimum Gasteiger partial charge on any atom is -0.329 e. The van der Waals surface area contributed by atoms with Gasteiger partial charge in [-0.25, -0.2) is 8.42 Å². The van der Waals surface area contributed by atoms with Crippen molar-refractivity contribution >= 4 is 9.84 Å². The highest BCUT2D eigenvalue weighted by Crippen LogP contribution is 2.32. The predicted octanol–water partition coefficient (Wildman–Crippen LogP) is 1.79. The van der Waals surface area contributed by atoms with E-state index in [1.807, 2.05) is 0 Å². The lowest BCUT2D eigenvalue weighted by Gasteiger charge is -2.45. The lowest BCUT2D eigenvalue weighted by atomic mass is 9.92. The third-order valence-corrected chi connectivity index (χ3v) is 7.07. The van der Waals surface area contributed by atoms with Gasteiger partial charge in [-0.15, -0.1) is 0 Å². The minimum atomic E-state index is -2.91. The number of likely N-dealkylation sites (tertiary alicyclic amines) is 1. The Balaban J connectivity index is 2.07. The molecule has 0 amide bonds. The summed E-state index contributed by atoms with van der Waals surface area (Å²) in [6.45, 7) is 4.77. The molecule has 0 spiro atoms. The number of hydrogen-bond donors (Lipinski definition) is 1. The molecule has 0 saturated carbocycles. The normalized spacial score (nSPS) is 35.6. The number of rotatable bonds is 4. The van der Waals surface area contributed by atoms with E-state index in [0.29, 0.717) is 12.3 Å². The topological polar surface area (TPSA) is 63.4 Å². The summed E-state index contributed by atoms with van der Waals surface area (Å²) in [4.78, 5) is 2.42. The Hall–Kier alpha value is -0.130. The van der Waals surface area contributed by atoms with Crippen LogP contribution in [0.1, 0.15) is 51.9 Å². The van der Waals surface area contributed by atoms with Crippen LogP contribution in [0.2, 0.25) is 0 Å². The molecule has 2 atom stereocenters. The highest BCUT2D eigenvalue weighted by Gasteiger charge is 2.42. The van der Waals surface area contributed by atoms with Gasteiger partial charge in [-0.05, 0) is 51.1 Å². The standard InChI is InChI=1S/C15H30N2O2S/c1-2-5-14-6-3-9-17(10-7-14)15(12-16)8-4-11-20(18,19)13-15/h14H,2-13,16H2,1H3. The molecule has 0 aromatic rings. The average molecular weight is 302 g/mol. The van der Waals surface area contributed by atoms with Crippen molar-refractivity contribution in [1.82, 2.24) is 4.90 Å². The number of nitrogens with zero attached hydrogens (tertiary/aromatic N) is 1. The monoisotopic (exact) mass is 302 g/mol. The molecule has 5 heteroatoms. The average Bonchev–Trinajstić information content (AvgIpc) is 2.64. The van der Waals surface area contributed by atoms with Crippen LogP contribution in [0, 0.1) is 5.92 Å². The van der Waals surface area contributed by atoms with E-state index in [9.17, 15) is 8.42 Å². The maximum absolute atomic E-state index is 12.0. The summed E-state index contributed by atoms with van der Waals surface area (Å²) in [5, 5.41) is 0. The van der Waals surface area contributed by atoms with E-state index in [-0.39, 0.29) is 11.3 Å². The third-order valence-electron chi connectivity index (χ3n) is 5.18. The van der Waals surface area contributed by atoms with Gasteiger partial charge in [-0.3, -0.25) is 4.90 Å². The fraction of sp³-hybridized carbons (Fsp3) is 1.00. The van der Waals surface area contributed by atoms with Crippen molar-refractivity contribution in [1.29, 1.82) is 0 Å². The molecule has 2 aliphatic rings. The molecule has 118 valence electrons. The maximum atomic E-state index is 12.0. The van der Waals surface area contributed by atoms with Crippen LogP contribution in [0.3, 0.4) is 0 Å². The van der Waals surface area contributed by atoms with Crippen molar-refractivity contribution in [3.8, 4) is 0 Å². The molecule has 4 nitrogen and oxygen atoms in total. The van der Waals surface area contributed by atoms with Gasteiger partial charge < -0.3 is 5.73 Å². The Morgan fingerprint density at radius 3 is 2.70 bits per heavy atom. The number of hydrogen-bond acceptors (Lipinski definition) is 4. The molecule has 2 unspecified atom stereocenters. The Kier molecular flexibility index (Phi) is 5.49. The van der Waals surface area contributed by atoms with Crippen LogP contribution in [0.25, 0.3) is 0 Å². The number of nitrogens with two attached hydrogens (primary N) is 1. The predicted molar refractivity (Wildman–Crippen MR) is 83.5 cm³/mol. The molecule has 2 saturated heterocycles. The van der Waals surface area contributed by atoms with Gasteiger partial charge in [-0.1, -0.05) is 19.8 Å². The highest BCUT2D eigenvalue weighted by atomic mass is 32.2. The van der Waals surface area contributed by atoms with E-state index >= 15 is 0 Å². The summed E-state index contributed by atoms with van der Waals surface area (Å²) in [5.41, 5.74) is 5.75. The van der Waals surface area contributed by atoms with Gasteiger partial charge in [0, 0.05) is 12.1 Å². The molecule has 2 rings (SSSR count). The third kappa shape index (κ3) is 3.74. The van der Waals surface area contributed by atoms with Crippen molar-refractivity contribution in [2.75, 3.05) is 31.1 Å². The molecule has 2 fully saturated rings. The molecular weight excluding hydrogens is 272 g/mol. The molecule has 0 radical (unpaired) electrons. The lowest BCUT2D eigenvalue weighted by Crippen LogP contribution is -2.60. The van der Waals surface area contributed by atoms with Crippen LogP contribution in [0.4, 0.5) is 0 Å². The molecule has 0 bridgehead atoms. The van der Waals surface area contributed by atoms with E-state index in [2.05, 4.69) is 11.8 Å². The van der Waals surface area contributed by atoms with Crippen molar-refractivity contribution in [3.63, 3.8) is 0 Å². The summed E-state index contributed by atoms with van der Waals surface area (Å²) in [6, 6.07) is 0. The summed E-state index contributed by atoms with van der Waals surface area (Å²) < 4.78 is 24.1. The largest absolute Gasteiger partial charge is 0.329 e. The Bertz CT molecular complexity index is 410. The van der Waals surface area contributed by atoms with E-state index in [1.54, 1.807) is 0 Å². The molecule has 20 heavy (non-hydrogen) atoms. The molecule has 2 heterocycles. The van der Waals surface area contributed by atoms with Crippen molar-refractivity contribution in [2.24, 2.45) is 11.7 Å². The first-order chi connectivity index (χ1) is 9.51. The zero-order valence-electron chi connectivity index (χ0n) is 12.8. The van der Waals surface area contributed by atoms with E-state index < -0.39 is 9.84 Å². The van der Waals surface area contributed by atoms with Crippen LogP contribution >= 0.6 is 0 Å². The molecule has 2 aliphatic heterocycles. The van der Waals surface area contributed by atoms with Gasteiger partial charge in [0.1, 0.15) is 0 Å². The summed E-state index contributed by atoms with van der Waals surface area (Å²) >= 11 is 0. The van der Waals surface area contributed by atoms with Gasteiger partial charge >= 0.3 is 0 Å². The van der Waals surface area contributed by atoms with Crippen molar-refractivity contribution < 1.29 is 8.42 Å². The maximum Gasteiger partial charge on any atom is 0.152 e. The fourth-order valence-electron chi connectivity index (χ4n) is 4.05. The molecule has 0 aliphatic carbocycles. The van der Waals surface area contributed by atoms with Gasteiger partial charge in [-0.2, -0.15) is 0 Å². The zero-order valence-corrected chi connectivity index (χ0v) is 13.6. The first-order valence-electron chi connectivity index (χ1n) is 8.17. The summed E-state index contributed by atoms with van der Waals surface area (Å²) in [6.07, 6.45) is 7.96. The SMILES string of the molecule is CCCC1CCCN(C2(CN)CCCS(=O)(=O)C2)CC1. The van der Waals surface area contributed by atoms with Crippen LogP contribution in [0.15, 0.2) is 0 Å². The van der Waals surface area contributed by atoms with Gasteiger partial charge in [0.25, 0.3) is 0 Å². The Labute approximate surface area is 124 Å². The number of sulfone groups is 1. The highest BCUT2D eigenvalue weighted by molar-refractivity contribution is 7.91.